The van der Waals surface area contributed by atoms with Gasteiger partial charge in [0, 0.05) is 26.2 Å². The van der Waals surface area contributed by atoms with Crippen molar-refractivity contribution in [2.24, 2.45) is 0 Å². The van der Waals surface area contributed by atoms with E-state index < -0.39 is 11.5 Å². The van der Waals surface area contributed by atoms with E-state index in [4.69, 9.17) is 0 Å². The molecular formula is C16H33N3O2. The predicted octanol–water partition coefficient (Wildman–Crippen LogP) is 1.64. The Kier molecular flexibility index (Phi) is 8.22. The molecule has 1 rings (SSSR count). The third-order valence-corrected chi connectivity index (χ3v) is 4.39. The molecule has 1 fully saturated rings. The highest BCUT2D eigenvalue weighted by Gasteiger charge is 2.31. The van der Waals surface area contributed by atoms with Crippen molar-refractivity contribution in [3.63, 3.8) is 0 Å². The molecule has 1 aliphatic heterocycles. The molecule has 0 aromatic heterocycles. The molecule has 1 saturated heterocycles. The van der Waals surface area contributed by atoms with Crippen molar-refractivity contribution >= 4 is 5.97 Å². The van der Waals surface area contributed by atoms with Crippen LogP contribution < -0.4 is 5.32 Å². The fraction of sp³-hybridized carbons (Fsp3) is 0.938. The standard InChI is InChI=1S/C16H33N3O2/c1-4-8-17-16(3,15(20)21)7-6-10-19-13-11-18(9-5-2)12-14-19/h17H,4-14H2,1-3H3,(H,20,21). The molecule has 0 amide bonds. The Balaban J connectivity index is 2.27. The lowest BCUT2D eigenvalue weighted by Crippen LogP contribution is -2.51. The summed E-state index contributed by atoms with van der Waals surface area (Å²) in [7, 11) is 0. The Labute approximate surface area is 129 Å². The molecule has 0 aromatic carbocycles. The average Bonchev–Trinajstić information content (AvgIpc) is 2.47. The molecule has 1 aliphatic rings. The maximum absolute atomic E-state index is 11.4. The van der Waals surface area contributed by atoms with Gasteiger partial charge in [-0.3, -0.25) is 4.79 Å². The van der Waals surface area contributed by atoms with Crippen LogP contribution in [-0.4, -0.2) is 72.2 Å². The number of piperazine rings is 1. The molecule has 2 N–H and O–H groups in total. The van der Waals surface area contributed by atoms with Gasteiger partial charge < -0.3 is 20.2 Å². The fourth-order valence-electron chi connectivity index (χ4n) is 2.88. The Bertz CT molecular complexity index is 304. The van der Waals surface area contributed by atoms with Crippen molar-refractivity contribution in [3.05, 3.63) is 0 Å². The van der Waals surface area contributed by atoms with Crippen LogP contribution in [0.4, 0.5) is 0 Å². The van der Waals surface area contributed by atoms with Gasteiger partial charge in [0.2, 0.25) is 0 Å². The maximum atomic E-state index is 11.4. The van der Waals surface area contributed by atoms with E-state index in [1.807, 2.05) is 6.92 Å². The second-order valence-corrected chi connectivity index (χ2v) is 6.35. The van der Waals surface area contributed by atoms with E-state index in [0.29, 0.717) is 6.42 Å². The van der Waals surface area contributed by atoms with Crippen molar-refractivity contribution in [2.75, 3.05) is 45.8 Å². The predicted molar refractivity (Wildman–Crippen MR) is 86.7 cm³/mol. The number of carboxylic acid groups (broad SMARTS) is 1. The van der Waals surface area contributed by atoms with Crippen molar-refractivity contribution in [2.45, 2.75) is 52.0 Å². The van der Waals surface area contributed by atoms with Gasteiger partial charge in [0.15, 0.2) is 0 Å². The van der Waals surface area contributed by atoms with Crippen LogP contribution in [0.3, 0.4) is 0 Å². The lowest BCUT2D eigenvalue weighted by Gasteiger charge is -2.35. The molecule has 124 valence electrons. The number of nitrogens with one attached hydrogen (secondary N) is 1. The second-order valence-electron chi connectivity index (χ2n) is 6.35. The molecule has 0 radical (unpaired) electrons. The number of carboxylic acids is 1. The SMILES string of the molecule is CCCNC(C)(CCCN1CCN(CCC)CC1)C(=O)O. The van der Waals surface area contributed by atoms with Crippen LogP contribution in [-0.2, 0) is 4.79 Å². The van der Waals surface area contributed by atoms with Gasteiger partial charge in [0.05, 0.1) is 0 Å². The van der Waals surface area contributed by atoms with Gasteiger partial charge in [-0.1, -0.05) is 13.8 Å². The van der Waals surface area contributed by atoms with Gasteiger partial charge in [-0.25, -0.2) is 0 Å². The van der Waals surface area contributed by atoms with Crippen molar-refractivity contribution in [1.29, 1.82) is 0 Å². The summed E-state index contributed by atoms with van der Waals surface area (Å²) >= 11 is 0. The quantitative estimate of drug-likeness (QED) is 0.642. The molecule has 0 aromatic rings. The summed E-state index contributed by atoms with van der Waals surface area (Å²) in [5.41, 5.74) is -0.778. The van der Waals surface area contributed by atoms with E-state index in [9.17, 15) is 9.90 Å². The molecule has 5 nitrogen and oxygen atoms in total. The van der Waals surface area contributed by atoms with Gasteiger partial charge in [-0.15, -0.1) is 0 Å². The van der Waals surface area contributed by atoms with Crippen molar-refractivity contribution < 1.29 is 9.90 Å². The summed E-state index contributed by atoms with van der Waals surface area (Å²) in [6, 6.07) is 0. The molecule has 0 spiro atoms. The van der Waals surface area contributed by atoms with Gasteiger partial charge in [-0.05, 0) is 52.2 Å². The van der Waals surface area contributed by atoms with Crippen LogP contribution in [0, 0.1) is 0 Å². The lowest BCUT2D eigenvalue weighted by atomic mass is 9.95. The molecular weight excluding hydrogens is 266 g/mol. The van der Waals surface area contributed by atoms with E-state index in [2.05, 4.69) is 29.0 Å². The number of hydrogen-bond acceptors (Lipinski definition) is 4. The average molecular weight is 299 g/mol. The third-order valence-electron chi connectivity index (χ3n) is 4.39. The zero-order valence-corrected chi connectivity index (χ0v) is 14.0. The summed E-state index contributed by atoms with van der Waals surface area (Å²) < 4.78 is 0. The number of aliphatic carboxylic acids is 1. The molecule has 0 bridgehead atoms. The number of nitrogens with zero attached hydrogens (tertiary/aromatic N) is 2. The highest BCUT2D eigenvalue weighted by atomic mass is 16.4. The summed E-state index contributed by atoms with van der Waals surface area (Å²) in [6.07, 6.45) is 3.81. The normalized spacial score (nSPS) is 20.3. The summed E-state index contributed by atoms with van der Waals surface area (Å²) in [5, 5.41) is 12.6. The number of rotatable bonds is 10. The van der Waals surface area contributed by atoms with Crippen LogP contribution in [0.25, 0.3) is 0 Å². The Morgan fingerprint density at radius 2 is 1.67 bits per heavy atom. The number of hydrogen-bond donors (Lipinski definition) is 2. The highest BCUT2D eigenvalue weighted by Crippen LogP contribution is 2.14. The lowest BCUT2D eigenvalue weighted by molar-refractivity contribution is -0.144. The Morgan fingerprint density at radius 3 is 2.14 bits per heavy atom. The summed E-state index contributed by atoms with van der Waals surface area (Å²) in [5.74, 6) is -0.733. The molecule has 5 heteroatoms. The minimum Gasteiger partial charge on any atom is -0.480 e. The zero-order chi connectivity index (χ0) is 15.7. The van der Waals surface area contributed by atoms with E-state index in [-0.39, 0.29) is 0 Å². The van der Waals surface area contributed by atoms with Crippen molar-refractivity contribution in [1.82, 2.24) is 15.1 Å². The molecule has 0 saturated carbocycles. The molecule has 1 unspecified atom stereocenters. The molecule has 21 heavy (non-hydrogen) atoms. The third kappa shape index (κ3) is 6.32. The van der Waals surface area contributed by atoms with E-state index >= 15 is 0 Å². The summed E-state index contributed by atoms with van der Waals surface area (Å²) in [4.78, 5) is 16.4. The van der Waals surface area contributed by atoms with Crippen LogP contribution in [0.2, 0.25) is 0 Å². The van der Waals surface area contributed by atoms with E-state index in [1.54, 1.807) is 0 Å². The first kappa shape index (κ1) is 18.4. The van der Waals surface area contributed by atoms with E-state index in [0.717, 1.165) is 52.1 Å². The Morgan fingerprint density at radius 1 is 1.10 bits per heavy atom. The summed E-state index contributed by atoms with van der Waals surface area (Å²) in [6.45, 7) is 13.6. The first-order chi connectivity index (χ1) is 10.0. The van der Waals surface area contributed by atoms with Crippen LogP contribution >= 0.6 is 0 Å². The smallest absolute Gasteiger partial charge is 0.323 e. The molecule has 1 atom stereocenters. The van der Waals surface area contributed by atoms with Crippen LogP contribution in [0.1, 0.15) is 46.5 Å². The fourth-order valence-corrected chi connectivity index (χ4v) is 2.88. The first-order valence-electron chi connectivity index (χ1n) is 8.45. The highest BCUT2D eigenvalue weighted by molar-refractivity contribution is 5.78. The van der Waals surface area contributed by atoms with E-state index in [1.165, 1.54) is 13.0 Å². The van der Waals surface area contributed by atoms with Gasteiger partial charge in [-0.2, -0.15) is 0 Å². The van der Waals surface area contributed by atoms with Gasteiger partial charge in [0.1, 0.15) is 5.54 Å². The molecule has 1 heterocycles. The van der Waals surface area contributed by atoms with Crippen LogP contribution in [0.15, 0.2) is 0 Å². The molecule has 0 aliphatic carbocycles. The first-order valence-corrected chi connectivity index (χ1v) is 8.45. The van der Waals surface area contributed by atoms with Crippen molar-refractivity contribution in [3.8, 4) is 0 Å². The number of carbonyl (C=O) groups is 1. The monoisotopic (exact) mass is 299 g/mol. The van der Waals surface area contributed by atoms with Crippen LogP contribution in [0.5, 0.6) is 0 Å². The largest absolute Gasteiger partial charge is 0.480 e. The van der Waals surface area contributed by atoms with Gasteiger partial charge in [0.25, 0.3) is 0 Å². The minimum absolute atomic E-state index is 0.692. The maximum Gasteiger partial charge on any atom is 0.323 e. The second kappa shape index (κ2) is 9.38. The minimum atomic E-state index is -0.778. The zero-order valence-electron chi connectivity index (χ0n) is 14.0. The topological polar surface area (TPSA) is 55.8 Å². The Hall–Kier alpha value is -0.650. The van der Waals surface area contributed by atoms with Gasteiger partial charge >= 0.3 is 5.97 Å².